The normalized spacial score (nSPS) is 13.1. The van der Waals surface area contributed by atoms with Gasteiger partial charge in [-0.3, -0.25) is 0 Å². The number of hydrogen-bond donors (Lipinski definition) is 0. The quantitative estimate of drug-likeness (QED) is 0.544. The molecule has 0 amide bonds. The molecule has 2 rings (SSSR count). The predicted molar refractivity (Wildman–Crippen MR) is 54.0 cm³/mol. The zero-order chi connectivity index (χ0) is 10.7. The molecule has 0 aliphatic carbocycles. The number of ether oxygens (including phenoxy) is 2. The van der Waals surface area contributed by atoms with Gasteiger partial charge < -0.3 is 9.47 Å². The van der Waals surface area contributed by atoms with Crippen molar-refractivity contribution in [3.63, 3.8) is 0 Å². The highest BCUT2D eigenvalue weighted by Gasteiger charge is 2.14. The maximum absolute atomic E-state index is 10.0. The molecule has 78 valence electrons. The fourth-order valence-electron chi connectivity index (χ4n) is 1.62. The topological polar surface area (TPSA) is 47.9 Å². The SMILES string of the molecule is Cc1cc(CN=C=O)cc2c1OCCO2. The highest BCUT2D eigenvalue weighted by Crippen LogP contribution is 2.34. The first-order chi connectivity index (χ1) is 7.31. The molecule has 0 aromatic heterocycles. The molecule has 1 aromatic rings. The number of aryl methyl sites for hydroxylation is 1. The van der Waals surface area contributed by atoms with Crippen LogP contribution in [0.1, 0.15) is 11.1 Å². The second-order valence-corrected chi connectivity index (χ2v) is 3.34. The van der Waals surface area contributed by atoms with Gasteiger partial charge >= 0.3 is 0 Å². The van der Waals surface area contributed by atoms with Crippen LogP contribution in [0.4, 0.5) is 0 Å². The van der Waals surface area contributed by atoms with E-state index in [1.54, 1.807) is 0 Å². The van der Waals surface area contributed by atoms with Crippen LogP contribution in [0.5, 0.6) is 11.5 Å². The van der Waals surface area contributed by atoms with Gasteiger partial charge in [0.05, 0.1) is 6.54 Å². The lowest BCUT2D eigenvalue weighted by Crippen LogP contribution is -2.16. The molecule has 1 heterocycles. The maximum Gasteiger partial charge on any atom is 0.235 e. The van der Waals surface area contributed by atoms with E-state index in [9.17, 15) is 4.79 Å². The molecule has 0 fully saturated rings. The van der Waals surface area contributed by atoms with Gasteiger partial charge in [-0.1, -0.05) is 6.07 Å². The highest BCUT2D eigenvalue weighted by molar-refractivity contribution is 5.50. The molecule has 1 aliphatic heterocycles. The Morgan fingerprint density at radius 1 is 1.40 bits per heavy atom. The van der Waals surface area contributed by atoms with Crippen LogP contribution in [0.2, 0.25) is 0 Å². The number of carbonyl (C=O) groups excluding carboxylic acids is 1. The summed E-state index contributed by atoms with van der Waals surface area (Å²) in [6, 6.07) is 3.79. The van der Waals surface area contributed by atoms with E-state index in [2.05, 4.69) is 4.99 Å². The van der Waals surface area contributed by atoms with Crippen LogP contribution in [-0.2, 0) is 11.3 Å². The van der Waals surface area contributed by atoms with E-state index < -0.39 is 0 Å². The Hall–Kier alpha value is -1.80. The lowest BCUT2D eigenvalue weighted by atomic mass is 10.1. The Bertz CT molecular complexity index is 422. The third kappa shape index (κ3) is 2.00. The minimum atomic E-state index is 0.334. The molecule has 0 atom stereocenters. The van der Waals surface area contributed by atoms with Crippen LogP contribution in [0.3, 0.4) is 0 Å². The lowest BCUT2D eigenvalue weighted by Gasteiger charge is -2.20. The molecular weight excluding hydrogens is 194 g/mol. The summed E-state index contributed by atoms with van der Waals surface area (Å²) in [7, 11) is 0. The van der Waals surface area contributed by atoms with Gasteiger partial charge in [-0.05, 0) is 24.1 Å². The van der Waals surface area contributed by atoms with Crippen molar-refractivity contribution in [3.8, 4) is 11.5 Å². The van der Waals surface area contributed by atoms with Crippen LogP contribution in [0, 0.1) is 6.92 Å². The van der Waals surface area contributed by atoms with Gasteiger partial charge in [0, 0.05) is 0 Å². The zero-order valence-corrected chi connectivity index (χ0v) is 8.45. The summed E-state index contributed by atoms with van der Waals surface area (Å²) < 4.78 is 10.9. The van der Waals surface area contributed by atoms with Crippen LogP contribution in [0.25, 0.3) is 0 Å². The van der Waals surface area contributed by atoms with Crippen molar-refractivity contribution in [3.05, 3.63) is 23.3 Å². The minimum absolute atomic E-state index is 0.334. The fraction of sp³-hybridized carbons (Fsp3) is 0.364. The van der Waals surface area contributed by atoms with Crippen molar-refractivity contribution >= 4 is 6.08 Å². The Morgan fingerprint density at radius 3 is 3.00 bits per heavy atom. The predicted octanol–water partition coefficient (Wildman–Crippen LogP) is 1.60. The highest BCUT2D eigenvalue weighted by atomic mass is 16.6. The van der Waals surface area contributed by atoms with Gasteiger partial charge in [-0.2, -0.15) is 0 Å². The van der Waals surface area contributed by atoms with E-state index in [1.807, 2.05) is 19.1 Å². The maximum atomic E-state index is 10.0. The molecule has 0 unspecified atom stereocenters. The molecule has 15 heavy (non-hydrogen) atoms. The van der Waals surface area contributed by atoms with Gasteiger partial charge in [0.2, 0.25) is 6.08 Å². The van der Waals surface area contributed by atoms with E-state index in [-0.39, 0.29) is 0 Å². The van der Waals surface area contributed by atoms with Gasteiger partial charge in [0.25, 0.3) is 0 Å². The third-order valence-electron chi connectivity index (χ3n) is 2.21. The van der Waals surface area contributed by atoms with Crippen molar-refractivity contribution in [2.45, 2.75) is 13.5 Å². The summed E-state index contributed by atoms with van der Waals surface area (Å²) >= 11 is 0. The molecule has 0 radical (unpaired) electrons. The molecule has 0 bridgehead atoms. The summed E-state index contributed by atoms with van der Waals surface area (Å²) in [5, 5.41) is 0. The standard InChI is InChI=1S/C11H11NO3/c1-8-4-9(6-12-7-13)5-10-11(8)15-3-2-14-10/h4-5H,2-3,6H2,1H3. The van der Waals surface area contributed by atoms with E-state index in [4.69, 9.17) is 9.47 Å². The Kier molecular flexibility index (Phi) is 2.70. The number of rotatable bonds is 2. The summed E-state index contributed by atoms with van der Waals surface area (Å²) in [5.74, 6) is 1.53. The number of aliphatic imine (C=N–C) groups is 1. The first-order valence-corrected chi connectivity index (χ1v) is 4.74. The van der Waals surface area contributed by atoms with Crippen molar-refractivity contribution in [1.82, 2.24) is 0 Å². The first-order valence-electron chi connectivity index (χ1n) is 4.74. The Labute approximate surface area is 87.5 Å². The Morgan fingerprint density at radius 2 is 2.20 bits per heavy atom. The lowest BCUT2D eigenvalue weighted by molar-refractivity contribution is 0.170. The average molecular weight is 205 g/mol. The van der Waals surface area contributed by atoms with Crippen molar-refractivity contribution in [1.29, 1.82) is 0 Å². The second-order valence-electron chi connectivity index (χ2n) is 3.34. The monoisotopic (exact) mass is 205 g/mol. The smallest absolute Gasteiger partial charge is 0.235 e. The van der Waals surface area contributed by atoms with Crippen molar-refractivity contribution < 1.29 is 14.3 Å². The average Bonchev–Trinajstić information content (AvgIpc) is 2.26. The van der Waals surface area contributed by atoms with Crippen LogP contribution < -0.4 is 9.47 Å². The van der Waals surface area contributed by atoms with E-state index in [0.29, 0.717) is 19.8 Å². The van der Waals surface area contributed by atoms with E-state index in [1.165, 1.54) is 6.08 Å². The van der Waals surface area contributed by atoms with Crippen LogP contribution in [-0.4, -0.2) is 19.3 Å². The van der Waals surface area contributed by atoms with Crippen LogP contribution >= 0.6 is 0 Å². The molecule has 0 N–H and O–H groups in total. The summed E-state index contributed by atoms with van der Waals surface area (Å²) in [5.41, 5.74) is 1.93. The number of benzene rings is 1. The van der Waals surface area contributed by atoms with Gasteiger partial charge in [0.15, 0.2) is 11.5 Å². The molecule has 1 aliphatic rings. The molecule has 4 nitrogen and oxygen atoms in total. The summed E-state index contributed by atoms with van der Waals surface area (Å²) in [6.45, 7) is 3.43. The van der Waals surface area contributed by atoms with E-state index in [0.717, 1.165) is 22.6 Å². The molecular formula is C11H11NO3. The van der Waals surface area contributed by atoms with Crippen LogP contribution in [0.15, 0.2) is 17.1 Å². The largest absolute Gasteiger partial charge is 0.486 e. The fourth-order valence-corrected chi connectivity index (χ4v) is 1.62. The third-order valence-corrected chi connectivity index (χ3v) is 2.21. The second kappa shape index (κ2) is 4.15. The molecule has 1 aromatic carbocycles. The molecule has 0 saturated carbocycles. The van der Waals surface area contributed by atoms with Crippen molar-refractivity contribution in [2.24, 2.45) is 4.99 Å². The van der Waals surface area contributed by atoms with Crippen molar-refractivity contribution in [2.75, 3.05) is 13.2 Å². The molecule has 4 heteroatoms. The number of fused-ring (bicyclic) bond motifs is 1. The molecule has 0 spiro atoms. The number of hydrogen-bond acceptors (Lipinski definition) is 4. The van der Waals surface area contributed by atoms with Gasteiger partial charge in [0.1, 0.15) is 13.2 Å². The zero-order valence-electron chi connectivity index (χ0n) is 8.45. The Balaban J connectivity index is 2.35. The number of isocyanates is 1. The van der Waals surface area contributed by atoms with E-state index >= 15 is 0 Å². The molecule has 0 saturated heterocycles. The first kappa shape index (κ1) is 9.74. The summed E-state index contributed by atoms with van der Waals surface area (Å²) in [6.07, 6.45) is 1.52. The van der Waals surface area contributed by atoms with Gasteiger partial charge in [-0.25, -0.2) is 9.79 Å². The summed E-state index contributed by atoms with van der Waals surface area (Å²) in [4.78, 5) is 13.5. The number of nitrogens with zero attached hydrogens (tertiary/aromatic N) is 1. The minimum Gasteiger partial charge on any atom is -0.486 e. The van der Waals surface area contributed by atoms with Gasteiger partial charge in [-0.15, -0.1) is 0 Å².